The molecule has 0 radical (unpaired) electrons. The van der Waals surface area contributed by atoms with E-state index in [1.165, 1.54) is 17.1 Å². The molecule has 0 aromatic carbocycles. The molecular formula is C8H13N3O4S. The van der Waals surface area contributed by atoms with Gasteiger partial charge < -0.3 is 9.67 Å². The van der Waals surface area contributed by atoms with E-state index >= 15 is 0 Å². The van der Waals surface area contributed by atoms with Gasteiger partial charge in [0, 0.05) is 13.2 Å². The Kier molecular flexibility index (Phi) is 3.66. The van der Waals surface area contributed by atoms with Gasteiger partial charge in [0.2, 0.25) is 0 Å². The third-order valence-electron chi connectivity index (χ3n) is 1.96. The third kappa shape index (κ3) is 2.80. The molecule has 0 aliphatic rings. The molecule has 1 heterocycles. The predicted molar refractivity (Wildman–Crippen MR) is 55.2 cm³/mol. The first-order valence-corrected chi connectivity index (χ1v) is 6.08. The van der Waals surface area contributed by atoms with Crippen molar-refractivity contribution in [3.8, 4) is 0 Å². The summed E-state index contributed by atoms with van der Waals surface area (Å²) in [7, 11) is -2.23. The van der Waals surface area contributed by atoms with Crippen molar-refractivity contribution in [3.05, 3.63) is 12.5 Å². The molecule has 1 aromatic rings. The SMILES string of the molecule is CCC(NS(=O)(=O)c1cn(C)cn1)C(=O)O. The zero-order valence-corrected chi connectivity index (χ0v) is 9.73. The number of aryl methyl sites for hydroxylation is 1. The molecule has 0 amide bonds. The topological polar surface area (TPSA) is 101 Å². The van der Waals surface area contributed by atoms with Crippen LogP contribution in [0.25, 0.3) is 0 Å². The van der Waals surface area contributed by atoms with Gasteiger partial charge in [-0.15, -0.1) is 0 Å². The first-order valence-electron chi connectivity index (χ1n) is 4.60. The summed E-state index contributed by atoms with van der Waals surface area (Å²) >= 11 is 0. The molecule has 0 spiro atoms. The fraction of sp³-hybridized carbons (Fsp3) is 0.500. The minimum Gasteiger partial charge on any atom is -0.480 e. The van der Waals surface area contributed by atoms with Crippen LogP contribution in [0.15, 0.2) is 17.6 Å². The lowest BCUT2D eigenvalue weighted by Gasteiger charge is -2.10. The molecule has 2 N–H and O–H groups in total. The molecule has 1 atom stereocenters. The molecule has 1 aromatic heterocycles. The van der Waals surface area contributed by atoms with Crippen molar-refractivity contribution in [1.82, 2.24) is 14.3 Å². The maximum absolute atomic E-state index is 11.7. The standard InChI is InChI=1S/C8H13N3O4S/c1-3-6(8(12)13)10-16(14,15)7-4-11(2)5-9-7/h4-6,10H,3H2,1-2H3,(H,12,13). The van der Waals surface area contributed by atoms with Crippen molar-refractivity contribution in [2.24, 2.45) is 7.05 Å². The maximum Gasteiger partial charge on any atom is 0.321 e. The van der Waals surface area contributed by atoms with E-state index < -0.39 is 22.0 Å². The summed E-state index contributed by atoms with van der Waals surface area (Å²) in [5.74, 6) is -1.21. The van der Waals surface area contributed by atoms with Gasteiger partial charge in [0.1, 0.15) is 6.04 Å². The summed E-state index contributed by atoms with van der Waals surface area (Å²) in [6.07, 6.45) is 2.80. The number of carbonyl (C=O) groups is 1. The van der Waals surface area contributed by atoms with Crippen LogP contribution in [-0.4, -0.2) is 35.1 Å². The van der Waals surface area contributed by atoms with Crippen LogP contribution >= 0.6 is 0 Å². The summed E-state index contributed by atoms with van der Waals surface area (Å²) in [5, 5.41) is 8.55. The van der Waals surface area contributed by atoms with Crippen molar-refractivity contribution in [1.29, 1.82) is 0 Å². The number of aromatic nitrogens is 2. The summed E-state index contributed by atoms with van der Waals surface area (Å²) in [6, 6.07) is -1.13. The van der Waals surface area contributed by atoms with E-state index in [2.05, 4.69) is 9.71 Å². The molecule has 7 nitrogen and oxygen atoms in total. The van der Waals surface area contributed by atoms with Crippen LogP contribution in [0.5, 0.6) is 0 Å². The van der Waals surface area contributed by atoms with E-state index in [0.717, 1.165) is 0 Å². The molecule has 0 aliphatic heterocycles. The van der Waals surface area contributed by atoms with Crippen LogP contribution in [0.1, 0.15) is 13.3 Å². The Morgan fingerprint density at radius 2 is 2.31 bits per heavy atom. The van der Waals surface area contributed by atoms with Gasteiger partial charge in [0.05, 0.1) is 6.33 Å². The van der Waals surface area contributed by atoms with Crippen LogP contribution in [-0.2, 0) is 21.9 Å². The quantitative estimate of drug-likeness (QED) is 0.734. The maximum atomic E-state index is 11.7. The van der Waals surface area contributed by atoms with Gasteiger partial charge in [-0.2, -0.15) is 4.72 Å². The highest BCUT2D eigenvalue weighted by molar-refractivity contribution is 7.89. The number of rotatable bonds is 5. The third-order valence-corrected chi connectivity index (χ3v) is 3.32. The number of nitrogens with zero attached hydrogens (tertiary/aromatic N) is 2. The van der Waals surface area contributed by atoms with Gasteiger partial charge in [-0.05, 0) is 6.42 Å². The minimum atomic E-state index is -3.86. The van der Waals surface area contributed by atoms with Gasteiger partial charge in [-0.1, -0.05) is 6.92 Å². The molecule has 90 valence electrons. The lowest BCUT2D eigenvalue weighted by atomic mass is 10.2. The number of imidazole rings is 1. The second-order valence-electron chi connectivity index (χ2n) is 3.30. The highest BCUT2D eigenvalue weighted by Gasteiger charge is 2.25. The number of hydrogen-bond donors (Lipinski definition) is 2. The van der Waals surface area contributed by atoms with Crippen molar-refractivity contribution in [3.63, 3.8) is 0 Å². The van der Waals surface area contributed by atoms with Gasteiger partial charge in [0.15, 0.2) is 5.03 Å². The van der Waals surface area contributed by atoms with Crippen LogP contribution in [0.4, 0.5) is 0 Å². The molecule has 0 bridgehead atoms. The summed E-state index contributed by atoms with van der Waals surface area (Å²) in [4.78, 5) is 14.3. The Balaban J connectivity index is 2.91. The monoisotopic (exact) mass is 247 g/mol. The van der Waals surface area contributed by atoms with E-state index in [-0.39, 0.29) is 11.4 Å². The Labute approximate surface area is 93.2 Å². The zero-order chi connectivity index (χ0) is 12.3. The lowest BCUT2D eigenvalue weighted by molar-refractivity contribution is -0.139. The Morgan fingerprint density at radius 3 is 2.69 bits per heavy atom. The van der Waals surface area contributed by atoms with Crippen LogP contribution in [0, 0.1) is 0 Å². The Bertz CT molecular complexity index is 479. The molecule has 0 saturated heterocycles. The number of hydrogen-bond acceptors (Lipinski definition) is 4. The first kappa shape index (κ1) is 12.7. The van der Waals surface area contributed by atoms with Crippen molar-refractivity contribution in [2.45, 2.75) is 24.4 Å². The fourth-order valence-electron chi connectivity index (χ4n) is 1.08. The average molecular weight is 247 g/mol. The second kappa shape index (κ2) is 4.62. The van der Waals surface area contributed by atoms with Gasteiger partial charge in [-0.25, -0.2) is 13.4 Å². The predicted octanol–water partition coefficient (Wildman–Crippen LogP) is -0.438. The van der Waals surface area contributed by atoms with Crippen molar-refractivity contribution >= 4 is 16.0 Å². The van der Waals surface area contributed by atoms with E-state index in [1.54, 1.807) is 14.0 Å². The number of carboxylic acid groups (broad SMARTS) is 1. The lowest BCUT2D eigenvalue weighted by Crippen LogP contribution is -2.40. The van der Waals surface area contributed by atoms with E-state index in [1.807, 2.05) is 0 Å². The molecule has 16 heavy (non-hydrogen) atoms. The largest absolute Gasteiger partial charge is 0.480 e. The molecule has 1 rings (SSSR count). The summed E-state index contributed by atoms with van der Waals surface area (Å²) in [5.41, 5.74) is 0. The van der Waals surface area contributed by atoms with Gasteiger partial charge >= 0.3 is 5.97 Å². The smallest absolute Gasteiger partial charge is 0.321 e. The zero-order valence-electron chi connectivity index (χ0n) is 8.91. The molecule has 0 aliphatic carbocycles. The van der Waals surface area contributed by atoms with Gasteiger partial charge in [0.25, 0.3) is 10.0 Å². The van der Waals surface area contributed by atoms with Crippen molar-refractivity contribution < 1.29 is 18.3 Å². The Morgan fingerprint density at radius 1 is 1.69 bits per heavy atom. The van der Waals surface area contributed by atoms with E-state index in [9.17, 15) is 13.2 Å². The Hall–Kier alpha value is -1.41. The molecule has 1 unspecified atom stereocenters. The number of carboxylic acids is 1. The summed E-state index contributed by atoms with van der Waals surface area (Å²) in [6.45, 7) is 1.58. The van der Waals surface area contributed by atoms with E-state index in [4.69, 9.17) is 5.11 Å². The van der Waals surface area contributed by atoms with Gasteiger partial charge in [-0.3, -0.25) is 4.79 Å². The average Bonchev–Trinajstić information content (AvgIpc) is 2.61. The second-order valence-corrected chi connectivity index (χ2v) is 4.96. The van der Waals surface area contributed by atoms with Crippen LogP contribution < -0.4 is 4.72 Å². The fourth-order valence-corrected chi connectivity index (χ4v) is 2.34. The van der Waals surface area contributed by atoms with Crippen LogP contribution in [0.2, 0.25) is 0 Å². The summed E-state index contributed by atoms with van der Waals surface area (Å²) < 4.78 is 26.9. The normalized spacial score (nSPS) is 13.6. The number of nitrogens with one attached hydrogen (secondary N) is 1. The molecule has 0 fully saturated rings. The van der Waals surface area contributed by atoms with E-state index in [0.29, 0.717) is 0 Å². The highest BCUT2D eigenvalue weighted by atomic mass is 32.2. The highest BCUT2D eigenvalue weighted by Crippen LogP contribution is 2.06. The van der Waals surface area contributed by atoms with Crippen LogP contribution in [0.3, 0.4) is 0 Å². The number of aliphatic carboxylic acids is 1. The molecule has 8 heteroatoms. The first-order chi connectivity index (χ1) is 7.36. The van der Waals surface area contributed by atoms with Crippen molar-refractivity contribution in [2.75, 3.05) is 0 Å². The number of sulfonamides is 1. The minimum absolute atomic E-state index is 0.168. The molecular weight excluding hydrogens is 234 g/mol. The molecule has 0 saturated carbocycles.